The number of aliphatic hydroxyl groups excluding tert-OH is 2. The zero-order valence-electron chi connectivity index (χ0n) is 11.3. The average Bonchev–Trinajstić information content (AvgIpc) is 2.25. The molecule has 0 amide bonds. The Morgan fingerprint density at radius 1 is 0.750 bits per heavy atom. The zero-order chi connectivity index (χ0) is 12.4. The van der Waals surface area contributed by atoms with Gasteiger partial charge in [0, 0.05) is 0 Å². The number of hydrogen-bond acceptors (Lipinski definition) is 2. The third-order valence-corrected chi connectivity index (χ3v) is 3.09. The first-order valence-electron chi connectivity index (χ1n) is 6.94. The molecule has 0 fully saturated rings. The van der Waals surface area contributed by atoms with Crippen LogP contribution in [0.3, 0.4) is 0 Å². The van der Waals surface area contributed by atoms with Gasteiger partial charge < -0.3 is 10.2 Å². The zero-order valence-corrected chi connectivity index (χ0v) is 11.3. The number of unbranched alkanes of at least 4 members (excludes halogenated alkanes) is 4. The Kier molecular flexibility index (Phi) is 10.0. The Bertz CT molecular complexity index is 146. The molecule has 16 heavy (non-hydrogen) atoms. The normalized spacial score (nSPS) is 15.4. The molecule has 0 saturated heterocycles. The van der Waals surface area contributed by atoms with E-state index in [0.29, 0.717) is 5.92 Å². The van der Waals surface area contributed by atoms with Gasteiger partial charge in [-0.2, -0.15) is 0 Å². The van der Waals surface area contributed by atoms with E-state index in [1.54, 1.807) is 0 Å². The Hall–Kier alpha value is -0.0800. The largest absolute Gasteiger partial charge is 0.390 e. The van der Waals surface area contributed by atoms with Gasteiger partial charge in [0.25, 0.3) is 0 Å². The molecular formula is C14H30O2. The highest BCUT2D eigenvalue weighted by atomic mass is 16.3. The van der Waals surface area contributed by atoms with Crippen LogP contribution in [0.25, 0.3) is 0 Å². The summed E-state index contributed by atoms with van der Waals surface area (Å²) in [5.74, 6) is 0.603. The van der Waals surface area contributed by atoms with Gasteiger partial charge in [0.05, 0.1) is 12.2 Å². The number of rotatable bonds is 10. The summed E-state index contributed by atoms with van der Waals surface area (Å²) in [4.78, 5) is 0. The molecule has 0 aromatic rings. The fraction of sp³-hybridized carbons (Fsp3) is 1.00. The van der Waals surface area contributed by atoms with Crippen LogP contribution in [0.2, 0.25) is 0 Å². The van der Waals surface area contributed by atoms with E-state index in [-0.39, 0.29) is 0 Å². The van der Waals surface area contributed by atoms with Crippen molar-refractivity contribution in [1.29, 1.82) is 0 Å². The highest BCUT2D eigenvalue weighted by Crippen LogP contribution is 2.14. The predicted molar refractivity (Wildman–Crippen MR) is 69.5 cm³/mol. The summed E-state index contributed by atoms with van der Waals surface area (Å²) < 4.78 is 0. The first-order chi connectivity index (χ1) is 7.57. The lowest BCUT2D eigenvalue weighted by molar-refractivity contribution is 0.00576. The lowest BCUT2D eigenvalue weighted by atomic mass is 9.98. The lowest BCUT2D eigenvalue weighted by Gasteiger charge is -2.18. The molecular weight excluding hydrogens is 200 g/mol. The molecule has 0 spiro atoms. The van der Waals surface area contributed by atoms with Gasteiger partial charge in [-0.3, -0.25) is 0 Å². The average molecular weight is 230 g/mol. The maximum atomic E-state index is 9.74. The Balaban J connectivity index is 3.43. The van der Waals surface area contributed by atoms with Crippen molar-refractivity contribution in [1.82, 2.24) is 0 Å². The van der Waals surface area contributed by atoms with E-state index in [9.17, 15) is 10.2 Å². The van der Waals surface area contributed by atoms with Crippen molar-refractivity contribution >= 4 is 0 Å². The first kappa shape index (κ1) is 15.9. The van der Waals surface area contributed by atoms with Gasteiger partial charge in [0.2, 0.25) is 0 Å². The van der Waals surface area contributed by atoms with Gasteiger partial charge in [-0.05, 0) is 25.2 Å². The summed E-state index contributed by atoms with van der Waals surface area (Å²) in [6.07, 6.45) is 7.46. The standard InChI is InChI=1S/C14H30O2/c1-4-5-6-7-8-9-13(15)14(16)11-10-12(2)3/h12-16H,4-11H2,1-3H3. The van der Waals surface area contributed by atoms with Crippen LogP contribution < -0.4 is 0 Å². The summed E-state index contributed by atoms with van der Waals surface area (Å²) in [5, 5.41) is 19.5. The minimum absolute atomic E-state index is 0.514. The SMILES string of the molecule is CCCCCCCC(O)C(O)CCC(C)C. The second-order valence-electron chi connectivity index (χ2n) is 5.31. The Morgan fingerprint density at radius 2 is 1.31 bits per heavy atom. The van der Waals surface area contributed by atoms with Crippen molar-refractivity contribution < 1.29 is 10.2 Å². The molecule has 2 N–H and O–H groups in total. The van der Waals surface area contributed by atoms with E-state index in [1.165, 1.54) is 25.7 Å². The topological polar surface area (TPSA) is 40.5 Å². The molecule has 0 aliphatic heterocycles. The molecule has 0 rings (SSSR count). The lowest BCUT2D eigenvalue weighted by Crippen LogP contribution is -2.26. The van der Waals surface area contributed by atoms with Gasteiger partial charge in [0.1, 0.15) is 0 Å². The third kappa shape index (κ3) is 9.17. The summed E-state index contributed by atoms with van der Waals surface area (Å²) in [5.41, 5.74) is 0. The minimum atomic E-state index is -0.520. The van der Waals surface area contributed by atoms with Crippen molar-refractivity contribution in [3.63, 3.8) is 0 Å². The van der Waals surface area contributed by atoms with Crippen LogP contribution in [-0.4, -0.2) is 22.4 Å². The molecule has 2 unspecified atom stereocenters. The smallest absolute Gasteiger partial charge is 0.0799 e. The quantitative estimate of drug-likeness (QED) is 0.564. The fourth-order valence-electron chi connectivity index (χ4n) is 1.85. The van der Waals surface area contributed by atoms with E-state index in [2.05, 4.69) is 20.8 Å². The van der Waals surface area contributed by atoms with Crippen molar-refractivity contribution in [2.75, 3.05) is 0 Å². The van der Waals surface area contributed by atoms with E-state index in [0.717, 1.165) is 25.7 Å². The molecule has 0 saturated carbocycles. The monoisotopic (exact) mass is 230 g/mol. The minimum Gasteiger partial charge on any atom is -0.390 e. The molecule has 0 aliphatic carbocycles. The molecule has 0 bridgehead atoms. The summed E-state index contributed by atoms with van der Waals surface area (Å²) in [7, 11) is 0. The van der Waals surface area contributed by atoms with E-state index >= 15 is 0 Å². The fourth-order valence-corrected chi connectivity index (χ4v) is 1.85. The van der Waals surface area contributed by atoms with Gasteiger partial charge in [0.15, 0.2) is 0 Å². The Morgan fingerprint density at radius 3 is 1.88 bits per heavy atom. The third-order valence-electron chi connectivity index (χ3n) is 3.09. The van der Waals surface area contributed by atoms with Crippen LogP contribution >= 0.6 is 0 Å². The first-order valence-corrected chi connectivity index (χ1v) is 6.94. The molecule has 98 valence electrons. The highest BCUT2D eigenvalue weighted by Gasteiger charge is 2.15. The summed E-state index contributed by atoms with van der Waals surface area (Å²) in [6, 6.07) is 0. The highest BCUT2D eigenvalue weighted by molar-refractivity contribution is 4.68. The maximum absolute atomic E-state index is 9.74. The molecule has 0 radical (unpaired) electrons. The van der Waals surface area contributed by atoms with Crippen molar-refractivity contribution in [2.24, 2.45) is 5.92 Å². The number of aliphatic hydroxyl groups is 2. The molecule has 0 heterocycles. The Labute approximate surface area is 101 Å². The van der Waals surface area contributed by atoms with Crippen LogP contribution in [0.1, 0.15) is 72.1 Å². The second-order valence-corrected chi connectivity index (χ2v) is 5.31. The number of hydrogen-bond donors (Lipinski definition) is 2. The van der Waals surface area contributed by atoms with E-state index < -0.39 is 12.2 Å². The van der Waals surface area contributed by atoms with Crippen LogP contribution in [0, 0.1) is 5.92 Å². The molecule has 2 atom stereocenters. The molecule has 2 heteroatoms. The van der Waals surface area contributed by atoms with Gasteiger partial charge >= 0.3 is 0 Å². The van der Waals surface area contributed by atoms with Gasteiger partial charge in [-0.15, -0.1) is 0 Å². The molecule has 2 nitrogen and oxygen atoms in total. The summed E-state index contributed by atoms with van der Waals surface area (Å²) in [6.45, 7) is 6.48. The van der Waals surface area contributed by atoms with Crippen LogP contribution in [0.15, 0.2) is 0 Å². The van der Waals surface area contributed by atoms with Crippen LogP contribution in [-0.2, 0) is 0 Å². The van der Waals surface area contributed by atoms with Crippen molar-refractivity contribution in [2.45, 2.75) is 84.3 Å². The van der Waals surface area contributed by atoms with Crippen molar-refractivity contribution in [3.05, 3.63) is 0 Å². The van der Waals surface area contributed by atoms with E-state index in [1.807, 2.05) is 0 Å². The van der Waals surface area contributed by atoms with Crippen LogP contribution in [0.4, 0.5) is 0 Å². The van der Waals surface area contributed by atoms with Crippen molar-refractivity contribution in [3.8, 4) is 0 Å². The van der Waals surface area contributed by atoms with E-state index in [4.69, 9.17) is 0 Å². The molecule has 0 aromatic carbocycles. The second kappa shape index (κ2) is 10.1. The van der Waals surface area contributed by atoms with Crippen LogP contribution in [0.5, 0.6) is 0 Å². The predicted octanol–water partition coefficient (Wildman–Crippen LogP) is 3.50. The van der Waals surface area contributed by atoms with Gasteiger partial charge in [-0.25, -0.2) is 0 Å². The molecule has 0 aromatic heterocycles. The maximum Gasteiger partial charge on any atom is 0.0799 e. The molecule has 0 aliphatic rings. The summed E-state index contributed by atoms with van der Waals surface area (Å²) >= 11 is 0. The van der Waals surface area contributed by atoms with Gasteiger partial charge in [-0.1, -0.05) is 52.9 Å².